The van der Waals surface area contributed by atoms with E-state index in [0.29, 0.717) is 5.75 Å². The molecule has 12 heavy (non-hydrogen) atoms. The van der Waals surface area contributed by atoms with E-state index in [-0.39, 0.29) is 0 Å². The Hall–Kier alpha value is -0.870. The fourth-order valence-electron chi connectivity index (χ4n) is 0.890. The Bertz CT molecular complexity index is 265. The van der Waals surface area contributed by atoms with E-state index in [4.69, 9.17) is 14.6 Å². The molecular formula is C8H11NO2S. The van der Waals surface area contributed by atoms with E-state index in [1.165, 1.54) is 11.9 Å². The largest absolute Gasteiger partial charge is 0.493 e. The fraction of sp³-hybridized carbons (Fsp3) is 0.250. The quantitative estimate of drug-likeness (QED) is 0.727. The van der Waals surface area contributed by atoms with Gasteiger partial charge in [0.25, 0.3) is 0 Å². The zero-order valence-corrected chi connectivity index (χ0v) is 7.85. The van der Waals surface area contributed by atoms with Gasteiger partial charge in [0.1, 0.15) is 0 Å². The predicted octanol–water partition coefficient (Wildman–Crippen LogP) is 1.67. The predicted molar refractivity (Wildman–Crippen MR) is 49.6 cm³/mol. The van der Waals surface area contributed by atoms with E-state index in [1.54, 1.807) is 14.2 Å². The maximum Gasteiger partial charge on any atom is 0.161 e. The summed E-state index contributed by atoms with van der Waals surface area (Å²) in [5, 5.41) is 5.39. The molecule has 2 N–H and O–H groups in total. The fourth-order valence-corrected chi connectivity index (χ4v) is 1.21. The summed E-state index contributed by atoms with van der Waals surface area (Å²) in [7, 11) is 3.20. The van der Waals surface area contributed by atoms with E-state index in [9.17, 15) is 0 Å². The first-order valence-corrected chi connectivity index (χ1v) is 4.28. The molecule has 0 radical (unpaired) electrons. The summed E-state index contributed by atoms with van der Waals surface area (Å²) >= 11 is 1.18. The van der Waals surface area contributed by atoms with Crippen LogP contribution in [0.4, 0.5) is 0 Å². The summed E-state index contributed by atoms with van der Waals surface area (Å²) in [5.41, 5.74) is 0. The van der Waals surface area contributed by atoms with Crippen LogP contribution in [0.1, 0.15) is 0 Å². The molecule has 0 spiro atoms. The maximum atomic E-state index is 5.39. The van der Waals surface area contributed by atoms with Crippen molar-refractivity contribution in [1.82, 2.24) is 0 Å². The first-order chi connectivity index (χ1) is 5.81. The number of hydrogen-bond acceptors (Lipinski definition) is 4. The molecule has 0 aliphatic heterocycles. The lowest BCUT2D eigenvalue weighted by atomic mass is 10.3. The Morgan fingerprint density at radius 1 is 1.17 bits per heavy atom. The summed E-state index contributed by atoms with van der Waals surface area (Å²) in [5.74, 6) is 1.42. The van der Waals surface area contributed by atoms with Crippen LogP contribution in [-0.2, 0) is 0 Å². The van der Waals surface area contributed by atoms with E-state index in [1.807, 2.05) is 18.2 Å². The minimum absolute atomic E-state index is 0.702. The van der Waals surface area contributed by atoms with Gasteiger partial charge in [-0.2, -0.15) is 0 Å². The summed E-state index contributed by atoms with van der Waals surface area (Å²) in [4.78, 5) is 0.952. The molecule has 0 aromatic heterocycles. The number of methoxy groups -OCH3 is 2. The van der Waals surface area contributed by atoms with Gasteiger partial charge in [-0.15, -0.1) is 0 Å². The Kier molecular flexibility index (Phi) is 3.25. The second-order valence-electron chi connectivity index (χ2n) is 2.13. The number of hydrogen-bond donors (Lipinski definition) is 1. The van der Waals surface area contributed by atoms with Crippen molar-refractivity contribution < 1.29 is 9.47 Å². The minimum atomic E-state index is 0.702. The van der Waals surface area contributed by atoms with Crippen LogP contribution in [-0.4, -0.2) is 14.2 Å². The Morgan fingerprint density at radius 3 is 2.33 bits per heavy atom. The minimum Gasteiger partial charge on any atom is -0.493 e. The standard InChI is InChI=1S/C8H11NO2S/c1-10-7-4-3-6(12-9)5-8(7)11-2/h3-5H,9H2,1-2H3. The first-order valence-electron chi connectivity index (χ1n) is 3.40. The molecule has 0 atom stereocenters. The Morgan fingerprint density at radius 2 is 1.83 bits per heavy atom. The highest BCUT2D eigenvalue weighted by atomic mass is 32.2. The van der Waals surface area contributed by atoms with Gasteiger partial charge in [-0.3, -0.25) is 5.14 Å². The lowest BCUT2D eigenvalue weighted by Gasteiger charge is -2.07. The van der Waals surface area contributed by atoms with Crippen molar-refractivity contribution in [2.24, 2.45) is 5.14 Å². The molecular weight excluding hydrogens is 174 g/mol. The third-order valence-corrected chi connectivity index (χ3v) is 2.02. The topological polar surface area (TPSA) is 44.5 Å². The third-order valence-electron chi connectivity index (χ3n) is 1.49. The van der Waals surface area contributed by atoms with Gasteiger partial charge >= 0.3 is 0 Å². The molecule has 66 valence electrons. The number of ether oxygens (including phenoxy) is 2. The summed E-state index contributed by atoms with van der Waals surface area (Å²) < 4.78 is 10.1. The molecule has 0 aliphatic rings. The number of nitrogens with two attached hydrogens (primary N) is 1. The van der Waals surface area contributed by atoms with Crippen LogP contribution in [0.5, 0.6) is 11.5 Å². The SMILES string of the molecule is COc1ccc(SN)cc1OC. The molecule has 0 bridgehead atoms. The Labute approximate surface area is 76.0 Å². The van der Waals surface area contributed by atoms with Crippen LogP contribution < -0.4 is 14.6 Å². The van der Waals surface area contributed by atoms with Crippen LogP contribution in [0.3, 0.4) is 0 Å². The zero-order chi connectivity index (χ0) is 8.97. The van der Waals surface area contributed by atoms with Crippen molar-refractivity contribution in [1.29, 1.82) is 0 Å². The van der Waals surface area contributed by atoms with Crippen molar-refractivity contribution in [3.8, 4) is 11.5 Å². The van der Waals surface area contributed by atoms with Gasteiger partial charge in [-0.25, -0.2) is 0 Å². The van der Waals surface area contributed by atoms with Crippen LogP contribution in [0, 0.1) is 0 Å². The third kappa shape index (κ3) is 1.84. The van der Waals surface area contributed by atoms with Gasteiger partial charge in [0.05, 0.1) is 14.2 Å². The number of benzene rings is 1. The molecule has 1 aromatic rings. The van der Waals surface area contributed by atoms with Crippen molar-refractivity contribution in [3.05, 3.63) is 18.2 Å². The molecule has 4 heteroatoms. The van der Waals surface area contributed by atoms with E-state index < -0.39 is 0 Å². The smallest absolute Gasteiger partial charge is 0.161 e. The van der Waals surface area contributed by atoms with E-state index in [2.05, 4.69) is 0 Å². The molecule has 0 unspecified atom stereocenters. The maximum absolute atomic E-state index is 5.39. The molecule has 0 saturated heterocycles. The lowest BCUT2D eigenvalue weighted by molar-refractivity contribution is 0.354. The highest BCUT2D eigenvalue weighted by Gasteiger charge is 2.02. The average molecular weight is 185 g/mol. The zero-order valence-electron chi connectivity index (χ0n) is 7.03. The number of rotatable bonds is 3. The monoisotopic (exact) mass is 185 g/mol. The second-order valence-corrected chi connectivity index (χ2v) is 2.84. The van der Waals surface area contributed by atoms with Gasteiger partial charge in [-0.1, -0.05) is 0 Å². The van der Waals surface area contributed by atoms with Crippen molar-refractivity contribution in [3.63, 3.8) is 0 Å². The van der Waals surface area contributed by atoms with Gasteiger partial charge in [0.2, 0.25) is 0 Å². The van der Waals surface area contributed by atoms with Gasteiger partial charge in [0, 0.05) is 4.90 Å². The highest BCUT2D eigenvalue weighted by molar-refractivity contribution is 7.97. The molecule has 3 nitrogen and oxygen atoms in total. The summed E-state index contributed by atoms with van der Waals surface area (Å²) in [6.45, 7) is 0. The first kappa shape index (κ1) is 9.22. The lowest BCUT2D eigenvalue weighted by Crippen LogP contribution is -1.90. The molecule has 1 rings (SSSR count). The van der Waals surface area contributed by atoms with Crippen molar-refractivity contribution >= 4 is 11.9 Å². The van der Waals surface area contributed by atoms with Crippen molar-refractivity contribution in [2.45, 2.75) is 4.90 Å². The summed E-state index contributed by atoms with van der Waals surface area (Å²) in [6.07, 6.45) is 0. The molecule has 0 saturated carbocycles. The van der Waals surface area contributed by atoms with Gasteiger partial charge in [-0.05, 0) is 30.1 Å². The normalized spacial score (nSPS) is 9.58. The molecule has 1 aromatic carbocycles. The highest BCUT2D eigenvalue weighted by Crippen LogP contribution is 2.29. The Balaban J connectivity index is 3.02. The van der Waals surface area contributed by atoms with E-state index in [0.717, 1.165) is 10.6 Å². The molecule has 0 aliphatic carbocycles. The van der Waals surface area contributed by atoms with Crippen LogP contribution in [0.25, 0.3) is 0 Å². The molecule has 0 fully saturated rings. The average Bonchev–Trinajstić information content (AvgIpc) is 2.16. The van der Waals surface area contributed by atoms with Crippen LogP contribution in [0.15, 0.2) is 23.1 Å². The van der Waals surface area contributed by atoms with Crippen LogP contribution >= 0.6 is 11.9 Å². The molecule has 0 amide bonds. The van der Waals surface area contributed by atoms with E-state index >= 15 is 0 Å². The van der Waals surface area contributed by atoms with Gasteiger partial charge < -0.3 is 9.47 Å². The summed E-state index contributed by atoms with van der Waals surface area (Å²) in [6, 6.07) is 5.55. The van der Waals surface area contributed by atoms with Gasteiger partial charge in [0.15, 0.2) is 11.5 Å². The molecule has 0 heterocycles. The second kappa shape index (κ2) is 4.23. The van der Waals surface area contributed by atoms with Crippen LogP contribution in [0.2, 0.25) is 0 Å². The van der Waals surface area contributed by atoms with Crippen molar-refractivity contribution in [2.75, 3.05) is 14.2 Å².